The molecule has 0 unspecified atom stereocenters. The summed E-state index contributed by atoms with van der Waals surface area (Å²) in [5, 5.41) is 19.0. The van der Waals surface area contributed by atoms with Crippen LogP contribution < -0.4 is 10.6 Å². The van der Waals surface area contributed by atoms with Crippen molar-refractivity contribution < 1.29 is 23.8 Å². The number of hydrogen-bond acceptors (Lipinski definition) is 5. The number of carbonyl (C=O) groups excluding carboxylic acids is 2. The zero-order valence-corrected chi connectivity index (χ0v) is 14.2. The highest BCUT2D eigenvalue weighted by Crippen LogP contribution is 2.19. The van der Waals surface area contributed by atoms with Crippen LogP contribution in [-0.2, 0) is 16.3 Å². The first-order valence-corrected chi connectivity index (χ1v) is 7.65. The van der Waals surface area contributed by atoms with Crippen LogP contribution in [-0.4, -0.2) is 45.1 Å². The zero-order chi connectivity index (χ0) is 18.6. The lowest BCUT2D eigenvalue weighted by molar-refractivity contribution is -0.126. The van der Waals surface area contributed by atoms with Gasteiger partial charge < -0.3 is 20.5 Å². The molecule has 0 aliphatic heterocycles. The molecule has 1 aromatic heterocycles. The number of fused-ring (bicyclic) bond motifs is 1. The average Bonchev–Trinajstić information content (AvgIpc) is 2.93. The fraction of sp³-hybridized carbons (Fsp3) is 0.438. The van der Waals surface area contributed by atoms with Gasteiger partial charge in [-0.05, 0) is 39.0 Å². The number of alkyl halides is 1. The number of halogens is 1. The fourth-order valence-corrected chi connectivity index (χ4v) is 2.10. The van der Waals surface area contributed by atoms with Crippen molar-refractivity contribution in [1.29, 1.82) is 0 Å². The largest absolute Gasteiger partial charge is 0.434 e. The number of aliphatic hydroxyl groups excluding tert-OH is 1. The first-order chi connectivity index (χ1) is 11.7. The topological polar surface area (TPSA) is 105 Å². The predicted octanol–water partition coefficient (Wildman–Crippen LogP) is 1.79. The first kappa shape index (κ1) is 18.7. The quantitative estimate of drug-likeness (QED) is 0.761. The van der Waals surface area contributed by atoms with E-state index in [0.717, 1.165) is 10.1 Å². The average molecular weight is 352 g/mol. The summed E-state index contributed by atoms with van der Waals surface area (Å²) in [5.41, 5.74) is 0.335. The Morgan fingerprint density at radius 1 is 1.40 bits per heavy atom. The number of nitrogens with one attached hydrogen (secondary N) is 2. The molecule has 8 nitrogen and oxygen atoms in total. The second-order valence-electron chi connectivity index (χ2n) is 6.48. The van der Waals surface area contributed by atoms with Gasteiger partial charge in [0.15, 0.2) is 6.80 Å². The number of amides is 2. The molecule has 1 heterocycles. The van der Waals surface area contributed by atoms with E-state index >= 15 is 0 Å². The summed E-state index contributed by atoms with van der Waals surface area (Å²) < 4.78 is 18.9. The van der Waals surface area contributed by atoms with Crippen molar-refractivity contribution in [2.45, 2.75) is 39.2 Å². The Labute approximate surface area is 144 Å². The second-order valence-corrected chi connectivity index (χ2v) is 6.48. The predicted molar refractivity (Wildman–Crippen MR) is 89.7 cm³/mol. The number of nitrogens with zero attached hydrogens (tertiary/aromatic N) is 2. The maximum Gasteiger partial charge on any atom is 0.408 e. The van der Waals surface area contributed by atoms with Crippen molar-refractivity contribution in [3.8, 4) is 0 Å². The maximum atomic E-state index is 12.9. The van der Waals surface area contributed by atoms with Crippen molar-refractivity contribution in [3.63, 3.8) is 0 Å². The van der Waals surface area contributed by atoms with Gasteiger partial charge in [-0.2, -0.15) is 5.10 Å². The van der Waals surface area contributed by atoms with E-state index < -0.39 is 37.0 Å². The number of alkyl carbamates (subject to hydrolysis) is 1. The number of ether oxygens (including phenoxy) is 1. The molecule has 0 aliphatic carbocycles. The highest BCUT2D eigenvalue weighted by atomic mass is 19.1. The zero-order valence-electron chi connectivity index (χ0n) is 14.2. The van der Waals surface area contributed by atoms with Gasteiger partial charge in [0.05, 0.1) is 18.3 Å². The summed E-state index contributed by atoms with van der Waals surface area (Å²) in [6, 6.07) is 4.82. The highest BCUT2D eigenvalue weighted by Gasteiger charge is 2.24. The van der Waals surface area contributed by atoms with E-state index in [-0.39, 0.29) is 0 Å². The standard InChI is InChI=1S/C16H21FN4O4/c1-16(2,3)20-15(24)25-13(8-22)14(23)19-11-5-4-10-7-18-21(9-17)12(10)6-11/h4-7,13,22H,8-9H2,1-3H3,(H,19,23)(H,20,24)/t13-/m0/s1. The van der Waals surface area contributed by atoms with Crippen molar-refractivity contribution in [2.75, 3.05) is 11.9 Å². The third-order valence-electron chi connectivity index (χ3n) is 3.21. The van der Waals surface area contributed by atoms with Gasteiger partial charge in [-0.3, -0.25) is 4.79 Å². The van der Waals surface area contributed by atoms with Crippen molar-refractivity contribution in [2.24, 2.45) is 0 Å². The number of anilines is 1. The molecule has 2 amide bonds. The lowest BCUT2D eigenvalue weighted by Gasteiger charge is -2.22. The summed E-state index contributed by atoms with van der Waals surface area (Å²) in [6.07, 6.45) is -0.673. The third kappa shape index (κ3) is 4.90. The van der Waals surface area contributed by atoms with E-state index in [1.54, 1.807) is 39.0 Å². The Hall–Kier alpha value is -2.68. The fourth-order valence-electron chi connectivity index (χ4n) is 2.10. The number of aromatic nitrogens is 2. The van der Waals surface area contributed by atoms with Crippen LogP contribution in [0, 0.1) is 0 Å². The number of carbonyl (C=O) groups is 2. The molecule has 9 heteroatoms. The summed E-state index contributed by atoms with van der Waals surface area (Å²) >= 11 is 0. The Morgan fingerprint density at radius 2 is 2.12 bits per heavy atom. The summed E-state index contributed by atoms with van der Waals surface area (Å²) in [5.74, 6) is -0.697. The summed E-state index contributed by atoms with van der Waals surface area (Å²) in [4.78, 5) is 23.9. The highest BCUT2D eigenvalue weighted by molar-refractivity contribution is 5.97. The lowest BCUT2D eigenvalue weighted by Crippen LogP contribution is -2.45. The van der Waals surface area contributed by atoms with Crippen LogP contribution in [0.25, 0.3) is 10.9 Å². The third-order valence-corrected chi connectivity index (χ3v) is 3.21. The molecule has 0 bridgehead atoms. The monoisotopic (exact) mass is 352 g/mol. The molecule has 0 aliphatic rings. The number of hydrogen-bond donors (Lipinski definition) is 3. The van der Waals surface area contributed by atoms with E-state index in [1.807, 2.05) is 0 Å². The smallest absolute Gasteiger partial charge is 0.408 e. The molecule has 0 saturated heterocycles. The van der Waals surface area contributed by atoms with Crippen LogP contribution in [0.1, 0.15) is 20.8 Å². The summed E-state index contributed by atoms with van der Waals surface area (Å²) in [6.45, 7) is 3.80. The maximum absolute atomic E-state index is 12.9. The molecule has 136 valence electrons. The molecule has 2 aromatic rings. The van der Waals surface area contributed by atoms with Gasteiger partial charge in [-0.15, -0.1) is 0 Å². The molecular weight excluding hydrogens is 331 g/mol. The van der Waals surface area contributed by atoms with Gasteiger partial charge in [-0.25, -0.2) is 13.9 Å². The molecule has 1 atom stereocenters. The van der Waals surface area contributed by atoms with E-state index in [0.29, 0.717) is 11.2 Å². The van der Waals surface area contributed by atoms with Crippen molar-refractivity contribution in [1.82, 2.24) is 15.1 Å². The SMILES string of the molecule is CC(C)(C)NC(=O)O[C@@H](CO)C(=O)Nc1ccc2cnn(CF)c2c1. The van der Waals surface area contributed by atoms with Gasteiger partial charge in [0.25, 0.3) is 5.91 Å². The Morgan fingerprint density at radius 3 is 2.72 bits per heavy atom. The molecule has 1 aromatic carbocycles. The molecule has 0 fully saturated rings. The van der Waals surface area contributed by atoms with E-state index in [2.05, 4.69) is 15.7 Å². The molecule has 3 N–H and O–H groups in total. The van der Waals surface area contributed by atoms with Crippen molar-refractivity contribution >= 4 is 28.6 Å². The van der Waals surface area contributed by atoms with Gasteiger partial charge in [0, 0.05) is 16.6 Å². The van der Waals surface area contributed by atoms with Crippen LogP contribution in [0.4, 0.5) is 14.9 Å². The van der Waals surface area contributed by atoms with Crippen LogP contribution in [0.15, 0.2) is 24.4 Å². The van der Waals surface area contributed by atoms with Gasteiger partial charge in [0.1, 0.15) is 0 Å². The van der Waals surface area contributed by atoms with E-state index in [9.17, 15) is 19.1 Å². The summed E-state index contributed by atoms with van der Waals surface area (Å²) in [7, 11) is 0. The number of rotatable bonds is 5. The minimum absolute atomic E-state index is 0.367. The Kier molecular flexibility index (Phi) is 5.58. The molecule has 0 spiro atoms. The van der Waals surface area contributed by atoms with Gasteiger partial charge in [-0.1, -0.05) is 0 Å². The lowest BCUT2D eigenvalue weighted by atomic mass is 10.1. The van der Waals surface area contributed by atoms with Gasteiger partial charge >= 0.3 is 6.09 Å². The van der Waals surface area contributed by atoms with Crippen LogP contribution in [0.2, 0.25) is 0 Å². The van der Waals surface area contributed by atoms with E-state index in [1.165, 1.54) is 6.20 Å². The molecular formula is C16H21FN4O4. The number of benzene rings is 1. The molecule has 2 rings (SSSR count). The van der Waals surface area contributed by atoms with Crippen LogP contribution in [0.3, 0.4) is 0 Å². The van der Waals surface area contributed by atoms with Gasteiger partial charge in [0.2, 0.25) is 6.10 Å². The normalized spacial score (nSPS) is 12.7. The first-order valence-electron chi connectivity index (χ1n) is 7.65. The minimum atomic E-state index is -1.37. The molecule has 25 heavy (non-hydrogen) atoms. The molecule has 0 radical (unpaired) electrons. The molecule has 0 saturated carbocycles. The van der Waals surface area contributed by atoms with E-state index in [4.69, 9.17) is 4.74 Å². The second kappa shape index (κ2) is 7.47. The number of aliphatic hydroxyl groups is 1. The Balaban J connectivity index is 2.07. The minimum Gasteiger partial charge on any atom is -0.434 e. The van der Waals surface area contributed by atoms with Crippen LogP contribution in [0.5, 0.6) is 0 Å². The van der Waals surface area contributed by atoms with Crippen LogP contribution >= 0.6 is 0 Å². The van der Waals surface area contributed by atoms with Crippen molar-refractivity contribution in [3.05, 3.63) is 24.4 Å². The Bertz CT molecular complexity index is 769.